The fourth-order valence-corrected chi connectivity index (χ4v) is 1.97. The van der Waals surface area contributed by atoms with Crippen LogP contribution in [0.25, 0.3) is 0 Å². The lowest BCUT2D eigenvalue weighted by Crippen LogP contribution is -2.18. The molecule has 0 aromatic heterocycles. The smallest absolute Gasteiger partial charge is 0.155 e. The van der Waals surface area contributed by atoms with E-state index in [4.69, 9.17) is 5.21 Å². The van der Waals surface area contributed by atoms with Gasteiger partial charge in [-0.2, -0.15) is 0 Å². The van der Waals surface area contributed by atoms with E-state index in [0.717, 1.165) is 0 Å². The second-order valence-electron chi connectivity index (χ2n) is 3.23. The first-order chi connectivity index (χ1) is 7.48. The van der Waals surface area contributed by atoms with Crippen LogP contribution in [-0.4, -0.2) is 30.8 Å². The molecule has 0 saturated carbocycles. The van der Waals surface area contributed by atoms with Crippen molar-refractivity contribution in [3.63, 3.8) is 0 Å². The molecule has 6 heteroatoms. The molecule has 0 spiro atoms. The Labute approximate surface area is 93.3 Å². The Kier molecular flexibility index (Phi) is 4.00. The monoisotopic (exact) mass is 245 g/mol. The number of nitrogens with zero attached hydrogens (tertiary/aromatic N) is 1. The maximum atomic E-state index is 12.6. The summed E-state index contributed by atoms with van der Waals surface area (Å²) in [6, 6.07) is 5.10. The zero-order chi connectivity index (χ0) is 12.2. The molecule has 1 N–H and O–H groups in total. The predicted octanol–water partition coefficient (Wildman–Crippen LogP) is 1.44. The normalized spacial score (nSPS) is 12.8. The minimum atomic E-state index is -3.27. The van der Waals surface area contributed by atoms with Gasteiger partial charge in [0.15, 0.2) is 9.84 Å². The molecule has 0 aliphatic rings. The molecule has 0 aliphatic carbocycles. The van der Waals surface area contributed by atoms with Crippen molar-refractivity contribution in [2.75, 3.05) is 11.5 Å². The van der Waals surface area contributed by atoms with Crippen LogP contribution in [0.5, 0.6) is 0 Å². The third-order valence-electron chi connectivity index (χ3n) is 2.09. The summed E-state index contributed by atoms with van der Waals surface area (Å²) in [4.78, 5) is 0. The first-order valence-corrected chi connectivity index (χ1v) is 6.48. The topological polar surface area (TPSA) is 66.7 Å². The van der Waals surface area contributed by atoms with E-state index in [1.165, 1.54) is 31.2 Å². The summed E-state index contributed by atoms with van der Waals surface area (Å²) in [7, 11) is -3.27. The summed E-state index contributed by atoms with van der Waals surface area (Å²) >= 11 is 0. The van der Waals surface area contributed by atoms with Crippen molar-refractivity contribution < 1.29 is 18.0 Å². The Morgan fingerprint density at radius 2 is 1.94 bits per heavy atom. The number of hydrogen-bond donors (Lipinski definition) is 1. The molecule has 4 nitrogen and oxygen atoms in total. The van der Waals surface area contributed by atoms with E-state index < -0.39 is 15.7 Å². The van der Waals surface area contributed by atoms with Gasteiger partial charge >= 0.3 is 0 Å². The van der Waals surface area contributed by atoms with E-state index in [1.54, 1.807) is 0 Å². The van der Waals surface area contributed by atoms with Crippen molar-refractivity contribution in [3.8, 4) is 0 Å². The van der Waals surface area contributed by atoms with Gasteiger partial charge < -0.3 is 5.21 Å². The van der Waals surface area contributed by atoms with Gasteiger partial charge in [0.1, 0.15) is 11.5 Å². The summed E-state index contributed by atoms with van der Waals surface area (Å²) in [5, 5.41) is 11.7. The number of oxime groups is 1. The number of halogens is 1. The van der Waals surface area contributed by atoms with Crippen LogP contribution in [-0.2, 0) is 9.84 Å². The lowest BCUT2D eigenvalue weighted by Gasteiger charge is -2.04. The maximum Gasteiger partial charge on any atom is 0.155 e. The molecule has 88 valence electrons. The van der Waals surface area contributed by atoms with Crippen LogP contribution in [0.4, 0.5) is 4.39 Å². The van der Waals surface area contributed by atoms with Crippen LogP contribution in [0.2, 0.25) is 0 Å². The Morgan fingerprint density at radius 1 is 1.38 bits per heavy atom. The fourth-order valence-electron chi connectivity index (χ4n) is 1.12. The van der Waals surface area contributed by atoms with E-state index in [-0.39, 0.29) is 17.2 Å². The van der Waals surface area contributed by atoms with Crippen LogP contribution in [0, 0.1) is 5.82 Å². The molecule has 1 rings (SSSR count). The van der Waals surface area contributed by atoms with Crippen LogP contribution in [0.1, 0.15) is 12.5 Å². The highest BCUT2D eigenvalue weighted by atomic mass is 32.2. The van der Waals surface area contributed by atoms with Gasteiger partial charge in [0, 0.05) is 11.3 Å². The van der Waals surface area contributed by atoms with Gasteiger partial charge in [-0.25, -0.2) is 12.8 Å². The Bertz CT molecular complexity index is 479. The average molecular weight is 245 g/mol. The minimum absolute atomic E-state index is 0.0156. The standard InChI is InChI=1S/C10H12FNO3S/c1-2-16(14,15)7-10(12-13)8-3-5-9(11)6-4-8/h3-6,13H,2,7H2,1H3. The zero-order valence-corrected chi connectivity index (χ0v) is 9.54. The number of benzene rings is 1. The lowest BCUT2D eigenvalue weighted by atomic mass is 10.1. The molecular weight excluding hydrogens is 233 g/mol. The SMILES string of the molecule is CCS(=O)(=O)CC(=NO)c1ccc(F)cc1. The van der Waals surface area contributed by atoms with Crippen LogP contribution in [0.15, 0.2) is 29.4 Å². The van der Waals surface area contributed by atoms with Crippen molar-refractivity contribution >= 4 is 15.5 Å². The van der Waals surface area contributed by atoms with Gasteiger partial charge in [-0.1, -0.05) is 24.2 Å². The highest BCUT2D eigenvalue weighted by Gasteiger charge is 2.14. The summed E-state index contributed by atoms with van der Waals surface area (Å²) in [6.07, 6.45) is 0. The first kappa shape index (κ1) is 12.6. The fraction of sp³-hybridized carbons (Fsp3) is 0.300. The average Bonchev–Trinajstić information content (AvgIpc) is 2.27. The Balaban J connectivity index is 2.97. The van der Waals surface area contributed by atoms with Crippen molar-refractivity contribution in [1.29, 1.82) is 0 Å². The third kappa shape index (κ3) is 3.30. The Morgan fingerprint density at radius 3 is 2.38 bits per heavy atom. The van der Waals surface area contributed by atoms with Crippen molar-refractivity contribution in [2.45, 2.75) is 6.92 Å². The molecule has 1 aromatic carbocycles. The highest BCUT2D eigenvalue weighted by Crippen LogP contribution is 2.06. The molecule has 0 radical (unpaired) electrons. The molecule has 0 heterocycles. The maximum absolute atomic E-state index is 12.6. The largest absolute Gasteiger partial charge is 0.411 e. The van der Waals surface area contributed by atoms with E-state index in [9.17, 15) is 12.8 Å². The van der Waals surface area contributed by atoms with Gasteiger partial charge in [-0.15, -0.1) is 0 Å². The van der Waals surface area contributed by atoms with E-state index in [0.29, 0.717) is 5.56 Å². The van der Waals surface area contributed by atoms with Gasteiger partial charge in [0.2, 0.25) is 0 Å². The van der Waals surface area contributed by atoms with Crippen molar-refractivity contribution in [3.05, 3.63) is 35.6 Å². The summed E-state index contributed by atoms with van der Waals surface area (Å²) < 4.78 is 35.3. The summed E-state index contributed by atoms with van der Waals surface area (Å²) in [5.41, 5.74) is 0.405. The number of sulfone groups is 1. The molecule has 1 aromatic rings. The van der Waals surface area contributed by atoms with Crippen molar-refractivity contribution in [2.24, 2.45) is 5.16 Å². The van der Waals surface area contributed by atoms with Crippen LogP contribution >= 0.6 is 0 Å². The molecule has 16 heavy (non-hydrogen) atoms. The van der Waals surface area contributed by atoms with Gasteiger partial charge in [-0.3, -0.25) is 0 Å². The molecule has 0 amide bonds. The van der Waals surface area contributed by atoms with Crippen LogP contribution < -0.4 is 0 Å². The van der Waals surface area contributed by atoms with E-state index in [1.807, 2.05) is 0 Å². The molecule has 0 unspecified atom stereocenters. The Hall–Kier alpha value is -1.43. The quantitative estimate of drug-likeness (QED) is 0.496. The molecular formula is C10H12FNO3S. The third-order valence-corrected chi connectivity index (χ3v) is 3.69. The molecule has 0 aliphatic heterocycles. The lowest BCUT2D eigenvalue weighted by molar-refractivity contribution is 0.319. The van der Waals surface area contributed by atoms with Gasteiger partial charge in [0.25, 0.3) is 0 Å². The second-order valence-corrected chi connectivity index (χ2v) is 5.58. The molecule has 0 fully saturated rings. The summed E-state index contributed by atoms with van der Waals surface area (Å²) in [6.45, 7) is 1.51. The second kappa shape index (κ2) is 5.07. The van der Waals surface area contributed by atoms with Crippen molar-refractivity contribution in [1.82, 2.24) is 0 Å². The van der Waals surface area contributed by atoms with Gasteiger partial charge in [-0.05, 0) is 12.1 Å². The minimum Gasteiger partial charge on any atom is -0.411 e. The number of rotatable bonds is 4. The predicted molar refractivity (Wildman–Crippen MR) is 59.1 cm³/mol. The molecule has 0 saturated heterocycles. The highest BCUT2D eigenvalue weighted by molar-refractivity contribution is 7.92. The summed E-state index contributed by atoms with van der Waals surface area (Å²) in [5.74, 6) is -0.821. The van der Waals surface area contributed by atoms with Gasteiger partial charge in [0.05, 0.1) is 5.75 Å². The molecule has 0 atom stereocenters. The molecule has 0 bridgehead atoms. The van der Waals surface area contributed by atoms with E-state index in [2.05, 4.69) is 5.16 Å². The van der Waals surface area contributed by atoms with Crippen LogP contribution in [0.3, 0.4) is 0 Å². The van der Waals surface area contributed by atoms with E-state index >= 15 is 0 Å². The number of hydrogen-bond acceptors (Lipinski definition) is 4. The first-order valence-electron chi connectivity index (χ1n) is 4.66. The zero-order valence-electron chi connectivity index (χ0n) is 8.72.